The molecule has 1 fully saturated rings. The summed E-state index contributed by atoms with van der Waals surface area (Å²) in [6, 6.07) is 1.91. The summed E-state index contributed by atoms with van der Waals surface area (Å²) in [5, 5.41) is 12.2. The van der Waals surface area contributed by atoms with Gasteiger partial charge in [0.25, 0.3) is 0 Å². The third kappa shape index (κ3) is 4.56. The van der Waals surface area contributed by atoms with Crippen LogP contribution in [-0.4, -0.2) is 54.4 Å². The van der Waals surface area contributed by atoms with Gasteiger partial charge in [0.05, 0.1) is 5.92 Å². The first kappa shape index (κ1) is 15.5. The Hall–Kier alpha value is -1.89. The number of nitrogens with one attached hydrogen (secondary N) is 1. The van der Waals surface area contributed by atoms with Crippen LogP contribution in [-0.2, 0) is 9.53 Å². The molecule has 0 amide bonds. The lowest BCUT2D eigenvalue weighted by molar-refractivity contribution is -0.142. The highest BCUT2D eigenvalue weighted by molar-refractivity contribution is 5.70. The molecule has 2 N–H and O–H groups in total. The number of methoxy groups -OCH3 is 1. The Balaban J connectivity index is 1.87. The van der Waals surface area contributed by atoms with Gasteiger partial charge in [0.15, 0.2) is 0 Å². The first-order chi connectivity index (χ1) is 10.2. The summed E-state index contributed by atoms with van der Waals surface area (Å²) in [5.41, 5.74) is 0. The average molecular weight is 294 g/mol. The molecule has 0 spiro atoms. The quantitative estimate of drug-likeness (QED) is 0.731. The lowest BCUT2D eigenvalue weighted by Crippen LogP contribution is -2.36. The minimum absolute atomic E-state index is 0.227. The molecule has 7 nitrogen and oxygen atoms in total. The summed E-state index contributed by atoms with van der Waals surface area (Å²) in [6.07, 6.45) is 3.78. The molecule has 1 aromatic heterocycles. The molecular weight excluding hydrogens is 272 g/mol. The summed E-state index contributed by atoms with van der Waals surface area (Å²) < 4.78 is 5.00. The minimum Gasteiger partial charge on any atom is -0.481 e. The topological polar surface area (TPSA) is 87.6 Å². The van der Waals surface area contributed by atoms with Crippen LogP contribution in [0.1, 0.15) is 19.3 Å². The molecule has 0 saturated carbocycles. The van der Waals surface area contributed by atoms with Gasteiger partial charge >= 0.3 is 5.97 Å². The van der Waals surface area contributed by atoms with Crippen molar-refractivity contribution in [2.24, 2.45) is 5.92 Å². The molecule has 0 unspecified atom stereocenters. The van der Waals surface area contributed by atoms with Crippen molar-refractivity contribution in [2.75, 3.05) is 43.6 Å². The van der Waals surface area contributed by atoms with E-state index in [1.807, 2.05) is 6.07 Å². The number of hydrogen-bond acceptors (Lipinski definition) is 6. The summed E-state index contributed by atoms with van der Waals surface area (Å²) in [7, 11) is 1.68. The van der Waals surface area contributed by atoms with Crippen molar-refractivity contribution in [3.8, 4) is 0 Å². The number of hydrogen-bond donors (Lipinski definition) is 2. The smallest absolute Gasteiger partial charge is 0.306 e. The van der Waals surface area contributed by atoms with Crippen LogP contribution < -0.4 is 10.2 Å². The minimum atomic E-state index is -0.696. The maximum absolute atomic E-state index is 11.0. The van der Waals surface area contributed by atoms with Crippen molar-refractivity contribution < 1.29 is 14.6 Å². The molecule has 1 aliphatic rings. The zero-order valence-electron chi connectivity index (χ0n) is 12.3. The largest absolute Gasteiger partial charge is 0.481 e. The number of nitrogens with zero attached hydrogens (tertiary/aromatic N) is 3. The molecule has 1 saturated heterocycles. The van der Waals surface area contributed by atoms with Gasteiger partial charge in [0.1, 0.15) is 18.0 Å². The van der Waals surface area contributed by atoms with Crippen LogP contribution in [0, 0.1) is 5.92 Å². The molecule has 1 aromatic rings. The number of carboxylic acids is 1. The van der Waals surface area contributed by atoms with E-state index in [4.69, 9.17) is 9.84 Å². The normalized spacial score (nSPS) is 16.0. The zero-order chi connectivity index (χ0) is 15.1. The predicted octanol–water partition coefficient (Wildman–Crippen LogP) is 1.23. The van der Waals surface area contributed by atoms with Crippen molar-refractivity contribution in [3.63, 3.8) is 0 Å². The summed E-state index contributed by atoms with van der Waals surface area (Å²) in [5.74, 6) is 0.715. The average Bonchev–Trinajstić information content (AvgIpc) is 2.52. The van der Waals surface area contributed by atoms with Crippen LogP contribution in [0.3, 0.4) is 0 Å². The van der Waals surface area contributed by atoms with E-state index in [2.05, 4.69) is 20.2 Å². The third-order valence-electron chi connectivity index (χ3n) is 3.65. The van der Waals surface area contributed by atoms with Gasteiger partial charge in [-0.15, -0.1) is 0 Å². The number of ether oxygens (including phenoxy) is 1. The number of anilines is 2. The van der Waals surface area contributed by atoms with Crippen LogP contribution in [0.4, 0.5) is 11.6 Å². The number of piperidine rings is 1. The van der Waals surface area contributed by atoms with Crippen LogP contribution >= 0.6 is 0 Å². The van der Waals surface area contributed by atoms with Gasteiger partial charge in [0, 0.05) is 39.4 Å². The second kappa shape index (κ2) is 7.78. The van der Waals surface area contributed by atoms with E-state index in [1.54, 1.807) is 7.11 Å². The molecule has 2 heterocycles. The Kier molecular flexibility index (Phi) is 5.74. The number of aromatic nitrogens is 2. The van der Waals surface area contributed by atoms with Crippen LogP contribution in [0.25, 0.3) is 0 Å². The monoisotopic (exact) mass is 294 g/mol. The van der Waals surface area contributed by atoms with Crippen molar-refractivity contribution in [1.82, 2.24) is 9.97 Å². The Bertz CT molecular complexity index is 461. The van der Waals surface area contributed by atoms with Crippen LogP contribution in [0.5, 0.6) is 0 Å². The van der Waals surface area contributed by atoms with Gasteiger partial charge in [-0.2, -0.15) is 0 Å². The number of rotatable bonds is 7. The van der Waals surface area contributed by atoms with E-state index in [1.165, 1.54) is 6.33 Å². The maximum Gasteiger partial charge on any atom is 0.306 e. The van der Waals surface area contributed by atoms with Gasteiger partial charge in [-0.25, -0.2) is 9.97 Å². The van der Waals surface area contributed by atoms with Gasteiger partial charge < -0.3 is 20.1 Å². The Morgan fingerprint density at radius 3 is 2.90 bits per heavy atom. The highest BCUT2D eigenvalue weighted by Gasteiger charge is 2.25. The van der Waals surface area contributed by atoms with Gasteiger partial charge in [-0.3, -0.25) is 4.79 Å². The zero-order valence-corrected chi connectivity index (χ0v) is 12.3. The summed E-state index contributed by atoms with van der Waals surface area (Å²) in [6.45, 7) is 2.95. The van der Waals surface area contributed by atoms with Gasteiger partial charge in [-0.05, 0) is 19.3 Å². The molecule has 1 aliphatic heterocycles. The molecule has 0 aromatic carbocycles. The van der Waals surface area contributed by atoms with Gasteiger partial charge in [0.2, 0.25) is 0 Å². The van der Waals surface area contributed by atoms with Crippen molar-refractivity contribution in [2.45, 2.75) is 19.3 Å². The van der Waals surface area contributed by atoms with Gasteiger partial charge in [-0.1, -0.05) is 0 Å². The van der Waals surface area contributed by atoms with E-state index in [9.17, 15) is 4.79 Å². The Morgan fingerprint density at radius 1 is 1.48 bits per heavy atom. The summed E-state index contributed by atoms with van der Waals surface area (Å²) >= 11 is 0. The maximum atomic E-state index is 11.0. The lowest BCUT2D eigenvalue weighted by atomic mass is 9.97. The van der Waals surface area contributed by atoms with E-state index in [0.29, 0.717) is 19.4 Å². The highest BCUT2D eigenvalue weighted by atomic mass is 16.5. The second-order valence-electron chi connectivity index (χ2n) is 5.13. The highest BCUT2D eigenvalue weighted by Crippen LogP contribution is 2.22. The molecule has 21 heavy (non-hydrogen) atoms. The van der Waals surface area contributed by atoms with Crippen molar-refractivity contribution in [3.05, 3.63) is 12.4 Å². The van der Waals surface area contributed by atoms with Crippen molar-refractivity contribution in [1.29, 1.82) is 0 Å². The lowest BCUT2D eigenvalue weighted by Gasteiger charge is -2.31. The van der Waals surface area contributed by atoms with Crippen LogP contribution in [0.2, 0.25) is 0 Å². The number of carbonyl (C=O) groups is 1. The Labute approximate surface area is 124 Å². The summed E-state index contributed by atoms with van der Waals surface area (Å²) in [4.78, 5) is 21.5. The fourth-order valence-corrected chi connectivity index (χ4v) is 2.41. The molecule has 7 heteroatoms. The van der Waals surface area contributed by atoms with E-state index in [-0.39, 0.29) is 5.92 Å². The number of aliphatic carboxylic acids is 1. The first-order valence-electron chi connectivity index (χ1n) is 7.23. The molecule has 2 rings (SSSR count). The van der Waals surface area contributed by atoms with E-state index >= 15 is 0 Å². The van der Waals surface area contributed by atoms with E-state index < -0.39 is 5.97 Å². The molecule has 116 valence electrons. The van der Waals surface area contributed by atoms with Crippen molar-refractivity contribution >= 4 is 17.6 Å². The molecule has 0 bridgehead atoms. The number of carboxylic acid groups (broad SMARTS) is 1. The molecular formula is C14H22N4O3. The molecule has 0 radical (unpaired) electrons. The SMILES string of the molecule is COCCCNc1cc(N2CCC(C(=O)O)CC2)ncn1. The second-order valence-corrected chi connectivity index (χ2v) is 5.13. The first-order valence-corrected chi connectivity index (χ1v) is 7.23. The molecule has 0 aliphatic carbocycles. The standard InChI is InChI=1S/C14H22N4O3/c1-21-8-2-5-15-12-9-13(17-10-16-12)18-6-3-11(4-7-18)14(19)20/h9-11H,2-8H2,1H3,(H,19,20)(H,15,16,17). The van der Waals surface area contributed by atoms with Crippen LogP contribution in [0.15, 0.2) is 12.4 Å². The fourth-order valence-electron chi connectivity index (χ4n) is 2.41. The Morgan fingerprint density at radius 2 is 2.24 bits per heavy atom. The third-order valence-corrected chi connectivity index (χ3v) is 3.65. The molecule has 0 atom stereocenters. The fraction of sp³-hybridized carbons (Fsp3) is 0.643. The predicted molar refractivity (Wildman–Crippen MR) is 79.6 cm³/mol. The van der Waals surface area contributed by atoms with E-state index in [0.717, 1.165) is 37.7 Å².